The number of hydrogen-bond acceptors (Lipinski definition) is 3. The third kappa shape index (κ3) is 4.56. The molecule has 0 spiro atoms. The first-order valence-corrected chi connectivity index (χ1v) is 10.1. The van der Waals surface area contributed by atoms with Gasteiger partial charge in [0.15, 0.2) is 0 Å². The summed E-state index contributed by atoms with van der Waals surface area (Å²) in [5, 5.41) is 3.40. The molecule has 1 amide bonds. The average Bonchev–Trinajstić information content (AvgIpc) is 2.75. The minimum atomic E-state index is -4.65. The van der Waals surface area contributed by atoms with Crippen LogP contribution in [0, 0.1) is 0 Å². The molecule has 0 fully saturated rings. The number of carbonyl (C=O) groups is 1. The molecule has 0 aliphatic heterocycles. The lowest BCUT2D eigenvalue weighted by Gasteiger charge is -2.43. The van der Waals surface area contributed by atoms with E-state index in [1.165, 1.54) is 6.07 Å². The molecule has 1 N–H and O–H groups in total. The van der Waals surface area contributed by atoms with Gasteiger partial charge in [-0.25, -0.2) is 4.98 Å². The van der Waals surface area contributed by atoms with Crippen molar-refractivity contribution in [1.29, 1.82) is 0 Å². The Labute approximate surface area is 180 Å². The Balaban J connectivity index is 2.12. The molecule has 0 saturated carbocycles. The lowest BCUT2D eigenvalue weighted by Crippen LogP contribution is -2.52. The summed E-state index contributed by atoms with van der Waals surface area (Å²) in [4.78, 5) is 19.1. The number of likely N-dealkylation sites (N-methyl/N-ethyl adjacent to an activating group) is 1. The zero-order chi connectivity index (χ0) is 22.8. The van der Waals surface area contributed by atoms with Gasteiger partial charge in [-0.3, -0.25) is 4.79 Å². The van der Waals surface area contributed by atoms with E-state index in [1.807, 2.05) is 63.2 Å². The predicted octanol–water partition coefficient (Wildman–Crippen LogP) is 5.46. The first kappa shape index (κ1) is 22.7. The summed E-state index contributed by atoms with van der Waals surface area (Å²) in [7, 11) is 3.85. The molecule has 1 heterocycles. The normalized spacial score (nSPS) is 15.0. The average molecular weight is 429 g/mol. The molecule has 0 aliphatic carbocycles. The van der Waals surface area contributed by atoms with Crippen molar-refractivity contribution >= 4 is 16.8 Å². The Kier molecular flexibility index (Phi) is 6.36. The maximum atomic E-state index is 13.4. The van der Waals surface area contributed by atoms with Crippen molar-refractivity contribution in [2.45, 2.75) is 38.0 Å². The topological polar surface area (TPSA) is 45.2 Å². The number of aromatic nitrogens is 1. The van der Waals surface area contributed by atoms with Crippen LogP contribution in [0.1, 0.15) is 47.9 Å². The second-order valence-corrected chi connectivity index (χ2v) is 7.99. The fourth-order valence-electron chi connectivity index (χ4n) is 3.74. The third-order valence-electron chi connectivity index (χ3n) is 6.02. The summed E-state index contributed by atoms with van der Waals surface area (Å²) in [6.07, 6.45) is -3.94. The van der Waals surface area contributed by atoms with Crippen molar-refractivity contribution in [2.75, 3.05) is 14.1 Å². The number of alkyl halides is 3. The van der Waals surface area contributed by atoms with Crippen molar-refractivity contribution in [1.82, 2.24) is 15.2 Å². The number of pyridine rings is 1. The van der Waals surface area contributed by atoms with Crippen LogP contribution in [0.3, 0.4) is 0 Å². The molecule has 31 heavy (non-hydrogen) atoms. The van der Waals surface area contributed by atoms with E-state index in [0.717, 1.165) is 11.6 Å². The molecule has 2 unspecified atom stereocenters. The van der Waals surface area contributed by atoms with E-state index in [9.17, 15) is 18.0 Å². The van der Waals surface area contributed by atoms with Crippen LogP contribution in [-0.2, 0) is 6.18 Å². The number of nitrogens with one attached hydrogen (secondary N) is 1. The third-order valence-corrected chi connectivity index (χ3v) is 6.02. The van der Waals surface area contributed by atoms with Gasteiger partial charge < -0.3 is 10.2 Å². The number of fused-ring (bicyclic) bond motifs is 1. The highest BCUT2D eigenvalue weighted by Crippen LogP contribution is 2.34. The van der Waals surface area contributed by atoms with Crippen molar-refractivity contribution < 1.29 is 18.0 Å². The number of halogens is 3. The van der Waals surface area contributed by atoms with Gasteiger partial charge in [0.1, 0.15) is 5.69 Å². The van der Waals surface area contributed by atoms with Gasteiger partial charge in [0, 0.05) is 10.9 Å². The summed E-state index contributed by atoms with van der Waals surface area (Å²) in [6, 6.07) is 16.2. The molecule has 3 aromatic rings. The molecule has 0 bridgehead atoms. The highest BCUT2D eigenvalue weighted by Gasteiger charge is 2.38. The number of benzene rings is 2. The monoisotopic (exact) mass is 429 g/mol. The van der Waals surface area contributed by atoms with E-state index in [1.54, 1.807) is 18.2 Å². The van der Waals surface area contributed by atoms with Gasteiger partial charge in [-0.05, 0) is 45.1 Å². The second kappa shape index (κ2) is 8.67. The van der Waals surface area contributed by atoms with E-state index >= 15 is 0 Å². The summed E-state index contributed by atoms with van der Waals surface area (Å²) >= 11 is 0. The van der Waals surface area contributed by atoms with E-state index < -0.39 is 29.4 Å². The minimum absolute atomic E-state index is 0.0453. The first-order valence-electron chi connectivity index (χ1n) is 10.1. The maximum Gasteiger partial charge on any atom is 0.433 e. The number of para-hydroxylation sites is 1. The summed E-state index contributed by atoms with van der Waals surface area (Å²) in [5.41, 5.74) is -0.588. The van der Waals surface area contributed by atoms with Crippen molar-refractivity contribution in [2.24, 2.45) is 0 Å². The van der Waals surface area contributed by atoms with Crippen molar-refractivity contribution in [3.63, 3.8) is 0 Å². The van der Waals surface area contributed by atoms with E-state index in [0.29, 0.717) is 11.8 Å². The van der Waals surface area contributed by atoms with Gasteiger partial charge in [0.25, 0.3) is 5.91 Å². The number of rotatable bonds is 6. The Bertz CT molecular complexity index is 1070. The standard InChI is InChI=1S/C24H26F3N3O/c1-5-23(2,30(3)4)21(16-11-7-6-8-12-16)29-22(31)18-15-20(24(25,26)27)28-19-14-10-9-13-17(18)19/h6-15,21H,5H2,1-4H3,(H,29,31). The van der Waals surface area contributed by atoms with Crippen LogP contribution < -0.4 is 5.32 Å². The number of hydrogen-bond donors (Lipinski definition) is 1. The molecule has 2 aromatic carbocycles. The van der Waals surface area contributed by atoms with Crippen LogP contribution in [-0.4, -0.2) is 35.4 Å². The van der Waals surface area contributed by atoms with Crippen molar-refractivity contribution in [3.05, 3.63) is 77.5 Å². The second-order valence-electron chi connectivity index (χ2n) is 7.99. The molecule has 0 aliphatic rings. The first-order chi connectivity index (χ1) is 14.6. The van der Waals surface area contributed by atoms with Crippen LogP contribution in [0.5, 0.6) is 0 Å². The van der Waals surface area contributed by atoms with E-state index in [-0.39, 0.29) is 11.1 Å². The fraction of sp³-hybridized carbons (Fsp3) is 0.333. The summed E-state index contributed by atoms with van der Waals surface area (Å²) in [5.74, 6) is -0.570. The molecule has 164 valence electrons. The molecular formula is C24H26F3N3O. The van der Waals surface area contributed by atoms with Crippen LogP contribution in [0.2, 0.25) is 0 Å². The van der Waals surface area contributed by atoms with E-state index in [2.05, 4.69) is 10.3 Å². The zero-order valence-electron chi connectivity index (χ0n) is 18.0. The molecule has 2 atom stereocenters. The SMILES string of the molecule is CCC(C)(C(NC(=O)c1cc(C(F)(F)F)nc2ccccc12)c1ccccc1)N(C)C. The molecule has 0 radical (unpaired) electrons. The number of nitrogens with zero attached hydrogens (tertiary/aromatic N) is 2. The summed E-state index contributed by atoms with van der Waals surface area (Å²) in [6.45, 7) is 4.04. The van der Waals surface area contributed by atoms with Gasteiger partial charge in [0.05, 0.1) is 17.1 Å². The van der Waals surface area contributed by atoms with Gasteiger partial charge in [0.2, 0.25) is 0 Å². The highest BCUT2D eigenvalue weighted by atomic mass is 19.4. The van der Waals surface area contributed by atoms with Crippen LogP contribution in [0.25, 0.3) is 10.9 Å². The van der Waals surface area contributed by atoms with Crippen molar-refractivity contribution in [3.8, 4) is 0 Å². The Morgan fingerprint density at radius 1 is 1.06 bits per heavy atom. The quantitative estimate of drug-likeness (QED) is 0.566. The van der Waals surface area contributed by atoms with Gasteiger partial charge in [-0.1, -0.05) is 55.5 Å². The lowest BCUT2D eigenvalue weighted by atomic mass is 9.83. The van der Waals surface area contributed by atoms with Crippen LogP contribution in [0.4, 0.5) is 13.2 Å². The zero-order valence-corrected chi connectivity index (χ0v) is 18.0. The maximum absolute atomic E-state index is 13.4. The highest BCUT2D eigenvalue weighted by molar-refractivity contribution is 6.06. The van der Waals surface area contributed by atoms with Gasteiger partial charge in [-0.2, -0.15) is 13.2 Å². The molecule has 7 heteroatoms. The smallest absolute Gasteiger partial charge is 0.343 e. The molecule has 4 nitrogen and oxygen atoms in total. The number of amides is 1. The largest absolute Gasteiger partial charge is 0.433 e. The Hall–Kier alpha value is -2.93. The van der Waals surface area contributed by atoms with Gasteiger partial charge in [-0.15, -0.1) is 0 Å². The van der Waals surface area contributed by atoms with Gasteiger partial charge >= 0.3 is 6.18 Å². The molecular weight excluding hydrogens is 403 g/mol. The Morgan fingerprint density at radius 2 is 1.68 bits per heavy atom. The molecule has 3 rings (SSSR count). The number of carbonyl (C=O) groups excluding carboxylic acids is 1. The fourth-order valence-corrected chi connectivity index (χ4v) is 3.74. The van der Waals surface area contributed by atoms with Crippen LogP contribution in [0.15, 0.2) is 60.7 Å². The predicted molar refractivity (Wildman–Crippen MR) is 116 cm³/mol. The van der Waals surface area contributed by atoms with Crippen LogP contribution >= 0.6 is 0 Å². The minimum Gasteiger partial charge on any atom is -0.343 e. The molecule has 1 aromatic heterocycles. The lowest BCUT2D eigenvalue weighted by molar-refractivity contribution is -0.140. The summed E-state index contributed by atoms with van der Waals surface area (Å²) < 4.78 is 40.3. The molecule has 0 saturated heterocycles. The Morgan fingerprint density at radius 3 is 2.26 bits per heavy atom. The van der Waals surface area contributed by atoms with E-state index in [4.69, 9.17) is 0 Å².